The van der Waals surface area contributed by atoms with Gasteiger partial charge >= 0.3 is 0 Å². The molecule has 17 heavy (non-hydrogen) atoms. The number of ether oxygens (including phenoxy) is 1. The lowest BCUT2D eigenvalue weighted by atomic mass is 9.94. The smallest absolute Gasteiger partial charge is 0.248 e. The highest BCUT2D eigenvalue weighted by Crippen LogP contribution is 2.46. The molecule has 0 bridgehead atoms. The predicted octanol–water partition coefficient (Wildman–Crippen LogP) is 4.16. The molecule has 1 fully saturated rings. The fourth-order valence-corrected chi connectivity index (χ4v) is 2.54. The Morgan fingerprint density at radius 3 is 2.71 bits per heavy atom. The van der Waals surface area contributed by atoms with Crippen molar-refractivity contribution in [2.75, 3.05) is 7.11 Å². The highest BCUT2D eigenvalue weighted by molar-refractivity contribution is 5.40. The lowest BCUT2D eigenvalue weighted by molar-refractivity contribution is 0.00772. The molecule has 1 unspecified atom stereocenters. The minimum atomic E-state index is -2.50. The number of alkyl halides is 2. The standard InChI is InChI=1S/C14H18F2O/c1-3-10-4-5-13(17-2)12(8-10)11-6-7-14(15,16)9-11/h4-5,8,11H,3,6-7,9H2,1-2H3. The van der Waals surface area contributed by atoms with Gasteiger partial charge < -0.3 is 4.74 Å². The first-order chi connectivity index (χ1) is 8.05. The molecule has 0 heterocycles. The van der Waals surface area contributed by atoms with E-state index in [1.165, 1.54) is 5.56 Å². The maximum Gasteiger partial charge on any atom is 0.248 e. The number of rotatable bonds is 3. The SMILES string of the molecule is CCc1ccc(OC)c(C2CCC(F)(F)C2)c1. The average Bonchev–Trinajstić information content (AvgIpc) is 2.68. The van der Waals surface area contributed by atoms with Crippen LogP contribution in [0.1, 0.15) is 43.2 Å². The van der Waals surface area contributed by atoms with E-state index in [0.717, 1.165) is 17.7 Å². The zero-order valence-corrected chi connectivity index (χ0v) is 10.3. The van der Waals surface area contributed by atoms with Crippen molar-refractivity contribution in [1.29, 1.82) is 0 Å². The quantitative estimate of drug-likeness (QED) is 0.770. The Kier molecular flexibility index (Phi) is 3.36. The van der Waals surface area contributed by atoms with E-state index in [1.807, 2.05) is 18.2 Å². The van der Waals surface area contributed by atoms with Crippen molar-refractivity contribution in [2.24, 2.45) is 0 Å². The number of methoxy groups -OCH3 is 1. The summed E-state index contributed by atoms with van der Waals surface area (Å²) < 4.78 is 31.8. The first kappa shape index (κ1) is 12.3. The number of aryl methyl sites for hydroxylation is 1. The molecule has 0 amide bonds. The van der Waals surface area contributed by atoms with Crippen LogP contribution in [-0.2, 0) is 6.42 Å². The Morgan fingerprint density at radius 2 is 2.18 bits per heavy atom. The van der Waals surface area contributed by atoms with Crippen molar-refractivity contribution < 1.29 is 13.5 Å². The maximum atomic E-state index is 13.3. The van der Waals surface area contributed by atoms with Gasteiger partial charge in [-0.15, -0.1) is 0 Å². The van der Waals surface area contributed by atoms with Crippen LogP contribution >= 0.6 is 0 Å². The summed E-state index contributed by atoms with van der Waals surface area (Å²) in [6, 6.07) is 5.91. The molecule has 94 valence electrons. The normalized spacial score (nSPS) is 22.7. The fraction of sp³-hybridized carbons (Fsp3) is 0.571. The largest absolute Gasteiger partial charge is 0.496 e. The van der Waals surface area contributed by atoms with Crippen LogP contribution in [-0.4, -0.2) is 13.0 Å². The van der Waals surface area contributed by atoms with Gasteiger partial charge in [0.2, 0.25) is 5.92 Å². The van der Waals surface area contributed by atoms with E-state index in [-0.39, 0.29) is 18.8 Å². The van der Waals surface area contributed by atoms with Crippen LogP contribution in [0.2, 0.25) is 0 Å². The minimum Gasteiger partial charge on any atom is -0.496 e. The molecule has 1 atom stereocenters. The minimum absolute atomic E-state index is 0.00280. The van der Waals surface area contributed by atoms with Crippen LogP contribution in [0.25, 0.3) is 0 Å². The van der Waals surface area contributed by atoms with Gasteiger partial charge in [-0.05, 0) is 36.0 Å². The van der Waals surface area contributed by atoms with Crippen molar-refractivity contribution in [2.45, 2.75) is 44.4 Å². The van der Waals surface area contributed by atoms with Gasteiger partial charge in [0.05, 0.1) is 7.11 Å². The van der Waals surface area contributed by atoms with Gasteiger partial charge in [-0.1, -0.05) is 19.1 Å². The topological polar surface area (TPSA) is 9.23 Å². The molecule has 0 radical (unpaired) electrons. The van der Waals surface area contributed by atoms with E-state index in [4.69, 9.17) is 4.74 Å². The number of hydrogen-bond donors (Lipinski definition) is 0. The fourth-order valence-electron chi connectivity index (χ4n) is 2.54. The molecule has 3 heteroatoms. The third-order valence-electron chi connectivity index (χ3n) is 3.55. The van der Waals surface area contributed by atoms with Gasteiger partial charge in [0.25, 0.3) is 0 Å². The lowest BCUT2D eigenvalue weighted by Crippen LogP contribution is -2.09. The average molecular weight is 240 g/mol. The summed E-state index contributed by atoms with van der Waals surface area (Å²) in [7, 11) is 1.59. The highest BCUT2D eigenvalue weighted by Gasteiger charge is 2.40. The molecule has 2 rings (SSSR count). The maximum absolute atomic E-state index is 13.3. The molecule has 0 N–H and O–H groups in total. The van der Waals surface area contributed by atoms with E-state index in [1.54, 1.807) is 7.11 Å². The second kappa shape index (κ2) is 4.63. The zero-order valence-electron chi connectivity index (χ0n) is 10.3. The Labute approximate surface area is 101 Å². The molecule has 1 aliphatic rings. The molecule has 0 spiro atoms. The molecule has 1 nitrogen and oxygen atoms in total. The number of halogens is 2. The summed E-state index contributed by atoms with van der Waals surface area (Å²) in [5.41, 5.74) is 2.13. The van der Waals surface area contributed by atoms with E-state index in [2.05, 4.69) is 6.92 Å². The van der Waals surface area contributed by atoms with Crippen molar-refractivity contribution in [3.63, 3.8) is 0 Å². The summed E-state index contributed by atoms with van der Waals surface area (Å²) >= 11 is 0. The Morgan fingerprint density at radius 1 is 1.41 bits per heavy atom. The van der Waals surface area contributed by atoms with Crippen LogP contribution < -0.4 is 4.74 Å². The van der Waals surface area contributed by atoms with Gasteiger partial charge in [0.15, 0.2) is 0 Å². The van der Waals surface area contributed by atoms with E-state index in [9.17, 15) is 8.78 Å². The van der Waals surface area contributed by atoms with Gasteiger partial charge in [-0.25, -0.2) is 8.78 Å². The van der Waals surface area contributed by atoms with Gasteiger partial charge in [0.1, 0.15) is 5.75 Å². The van der Waals surface area contributed by atoms with E-state index >= 15 is 0 Å². The van der Waals surface area contributed by atoms with Crippen LogP contribution in [0.5, 0.6) is 5.75 Å². The van der Waals surface area contributed by atoms with Crippen molar-refractivity contribution in [1.82, 2.24) is 0 Å². The van der Waals surface area contributed by atoms with Crippen molar-refractivity contribution >= 4 is 0 Å². The summed E-state index contributed by atoms with van der Waals surface area (Å²) in [4.78, 5) is 0. The summed E-state index contributed by atoms with van der Waals surface area (Å²) in [5.74, 6) is -1.82. The molecular weight excluding hydrogens is 222 g/mol. The Balaban J connectivity index is 2.30. The van der Waals surface area contributed by atoms with Gasteiger partial charge in [0, 0.05) is 12.8 Å². The monoisotopic (exact) mass is 240 g/mol. The van der Waals surface area contributed by atoms with Crippen molar-refractivity contribution in [3.05, 3.63) is 29.3 Å². The van der Waals surface area contributed by atoms with Crippen LogP contribution in [0.15, 0.2) is 18.2 Å². The Hall–Kier alpha value is -1.12. The predicted molar refractivity (Wildman–Crippen MR) is 63.9 cm³/mol. The van der Waals surface area contributed by atoms with Crippen LogP contribution in [0, 0.1) is 0 Å². The number of benzene rings is 1. The van der Waals surface area contributed by atoms with E-state index < -0.39 is 5.92 Å². The van der Waals surface area contributed by atoms with E-state index in [0.29, 0.717) is 6.42 Å². The summed E-state index contributed by atoms with van der Waals surface area (Å²) in [6.07, 6.45) is 1.42. The molecule has 1 saturated carbocycles. The zero-order chi connectivity index (χ0) is 12.5. The van der Waals surface area contributed by atoms with Crippen LogP contribution in [0.4, 0.5) is 8.78 Å². The third-order valence-corrected chi connectivity index (χ3v) is 3.55. The first-order valence-electron chi connectivity index (χ1n) is 6.10. The first-order valence-corrected chi connectivity index (χ1v) is 6.10. The lowest BCUT2D eigenvalue weighted by Gasteiger charge is -2.16. The number of hydrogen-bond acceptors (Lipinski definition) is 1. The van der Waals surface area contributed by atoms with Crippen LogP contribution in [0.3, 0.4) is 0 Å². The molecule has 1 aromatic carbocycles. The summed E-state index contributed by atoms with van der Waals surface area (Å²) in [6.45, 7) is 2.06. The van der Waals surface area contributed by atoms with Gasteiger partial charge in [-0.3, -0.25) is 0 Å². The van der Waals surface area contributed by atoms with Gasteiger partial charge in [-0.2, -0.15) is 0 Å². The third kappa shape index (κ3) is 2.59. The molecule has 0 aromatic heterocycles. The molecule has 0 aliphatic heterocycles. The van der Waals surface area contributed by atoms with Crippen molar-refractivity contribution in [3.8, 4) is 5.75 Å². The highest BCUT2D eigenvalue weighted by atomic mass is 19.3. The molecule has 1 aromatic rings. The molecule has 1 aliphatic carbocycles. The second-order valence-electron chi connectivity index (χ2n) is 4.73. The summed E-state index contributed by atoms with van der Waals surface area (Å²) in [5, 5.41) is 0. The Bertz CT molecular complexity index is 401. The molecular formula is C14H18F2O. The molecule has 0 saturated heterocycles. The second-order valence-corrected chi connectivity index (χ2v) is 4.73.